The standard InChI is InChI=1S/C23H21N5O4/c1-14-3-6-16(23(30)31)11-18(14)26-22(29)19-13-25-21-10-9-20(27-28(19)21)24-12-15-4-7-17(32-2)8-5-15/h3-11,13H,12H2,1-2H3,(H,24,27)(H,26,29)(H,30,31). The molecule has 32 heavy (non-hydrogen) atoms. The molecule has 9 nitrogen and oxygen atoms in total. The van der Waals surface area contributed by atoms with Crippen LogP contribution in [0.5, 0.6) is 5.75 Å². The maximum Gasteiger partial charge on any atom is 0.335 e. The predicted octanol–water partition coefficient (Wildman–Crippen LogP) is 3.61. The number of amides is 1. The summed E-state index contributed by atoms with van der Waals surface area (Å²) in [6, 6.07) is 15.8. The van der Waals surface area contributed by atoms with Crippen LogP contribution in [0.15, 0.2) is 60.8 Å². The summed E-state index contributed by atoms with van der Waals surface area (Å²) in [7, 11) is 1.62. The van der Waals surface area contributed by atoms with E-state index in [0.29, 0.717) is 23.7 Å². The molecule has 9 heteroatoms. The molecule has 0 aliphatic rings. The van der Waals surface area contributed by atoms with Crippen LogP contribution in [-0.2, 0) is 6.54 Å². The number of benzene rings is 2. The third kappa shape index (κ3) is 4.36. The van der Waals surface area contributed by atoms with Crippen molar-refractivity contribution in [3.05, 3.63) is 83.2 Å². The van der Waals surface area contributed by atoms with Crippen molar-refractivity contribution < 1.29 is 19.4 Å². The van der Waals surface area contributed by atoms with Crippen molar-refractivity contribution in [2.75, 3.05) is 17.7 Å². The van der Waals surface area contributed by atoms with Crippen LogP contribution in [0.25, 0.3) is 5.65 Å². The van der Waals surface area contributed by atoms with E-state index in [9.17, 15) is 14.7 Å². The lowest BCUT2D eigenvalue weighted by atomic mass is 10.1. The summed E-state index contributed by atoms with van der Waals surface area (Å²) in [6.45, 7) is 2.33. The lowest BCUT2D eigenvalue weighted by Crippen LogP contribution is -2.17. The van der Waals surface area contributed by atoms with Crippen LogP contribution >= 0.6 is 0 Å². The number of methoxy groups -OCH3 is 1. The maximum absolute atomic E-state index is 12.9. The Morgan fingerprint density at radius 3 is 2.59 bits per heavy atom. The minimum absolute atomic E-state index is 0.0900. The van der Waals surface area contributed by atoms with Crippen molar-refractivity contribution in [3.8, 4) is 5.75 Å². The van der Waals surface area contributed by atoms with E-state index in [-0.39, 0.29) is 11.3 Å². The highest BCUT2D eigenvalue weighted by atomic mass is 16.5. The molecule has 0 saturated carbocycles. The number of carbonyl (C=O) groups is 2. The maximum atomic E-state index is 12.9. The smallest absolute Gasteiger partial charge is 0.335 e. The molecule has 0 unspecified atom stereocenters. The Morgan fingerprint density at radius 1 is 1.09 bits per heavy atom. The average Bonchev–Trinajstić information content (AvgIpc) is 3.22. The van der Waals surface area contributed by atoms with E-state index in [4.69, 9.17) is 4.74 Å². The number of carboxylic acids is 1. The van der Waals surface area contributed by atoms with Gasteiger partial charge in [0.05, 0.1) is 18.9 Å². The number of aromatic nitrogens is 3. The van der Waals surface area contributed by atoms with Gasteiger partial charge in [-0.2, -0.15) is 0 Å². The number of carbonyl (C=O) groups excluding carboxylic acids is 1. The highest BCUT2D eigenvalue weighted by molar-refractivity contribution is 6.04. The second kappa shape index (κ2) is 8.76. The van der Waals surface area contributed by atoms with Crippen LogP contribution in [-0.4, -0.2) is 38.7 Å². The van der Waals surface area contributed by atoms with Crippen molar-refractivity contribution in [1.82, 2.24) is 14.6 Å². The number of anilines is 2. The van der Waals surface area contributed by atoms with E-state index in [1.165, 1.54) is 22.8 Å². The van der Waals surface area contributed by atoms with Gasteiger partial charge < -0.3 is 20.5 Å². The Bertz CT molecular complexity index is 1300. The molecule has 0 bridgehead atoms. The predicted molar refractivity (Wildman–Crippen MR) is 119 cm³/mol. The molecule has 162 valence electrons. The molecule has 0 saturated heterocycles. The van der Waals surface area contributed by atoms with E-state index in [1.807, 2.05) is 24.3 Å². The number of nitrogens with zero attached hydrogens (tertiary/aromatic N) is 3. The minimum Gasteiger partial charge on any atom is -0.497 e. The zero-order valence-electron chi connectivity index (χ0n) is 17.5. The highest BCUT2D eigenvalue weighted by Crippen LogP contribution is 2.19. The molecule has 0 spiro atoms. The molecule has 4 aromatic rings. The fraction of sp³-hybridized carbons (Fsp3) is 0.130. The van der Waals surface area contributed by atoms with E-state index in [2.05, 4.69) is 20.7 Å². The van der Waals surface area contributed by atoms with Crippen LogP contribution in [0.1, 0.15) is 32.0 Å². The Labute approximate surface area is 183 Å². The van der Waals surface area contributed by atoms with Crippen molar-refractivity contribution in [1.29, 1.82) is 0 Å². The number of hydrogen-bond acceptors (Lipinski definition) is 6. The molecule has 0 aliphatic heterocycles. The normalized spacial score (nSPS) is 10.7. The van der Waals surface area contributed by atoms with Crippen LogP contribution in [0.2, 0.25) is 0 Å². The molecule has 1 amide bonds. The Hall–Kier alpha value is -4.40. The molecule has 0 aliphatic carbocycles. The molecule has 4 rings (SSSR count). The van der Waals surface area contributed by atoms with Gasteiger partial charge in [0.1, 0.15) is 11.6 Å². The third-order valence-corrected chi connectivity index (χ3v) is 4.96. The zero-order chi connectivity index (χ0) is 22.7. The highest BCUT2D eigenvalue weighted by Gasteiger charge is 2.16. The number of fused-ring (bicyclic) bond motifs is 1. The topological polar surface area (TPSA) is 118 Å². The molecule has 2 aromatic carbocycles. The van der Waals surface area contributed by atoms with Crippen molar-refractivity contribution in [2.24, 2.45) is 0 Å². The molecular weight excluding hydrogens is 410 g/mol. The summed E-state index contributed by atoms with van der Waals surface area (Å²) in [5, 5.41) is 19.7. The molecule has 3 N–H and O–H groups in total. The lowest BCUT2D eigenvalue weighted by molar-refractivity contribution is 0.0696. The Balaban J connectivity index is 1.54. The quantitative estimate of drug-likeness (QED) is 0.409. The first-order valence-corrected chi connectivity index (χ1v) is 9.81. The lowest BCUT2D eigenvalue weighted by Gasteiger charge is -2.10. The van der Waals surface area contributed by atoms with E-state index >= 15 is 0 Å². The molecular formula is C23H21N5O4. The second-order valence-corrected chi connectivity index (χ2v) is 7.12. The number of aryl methyl sites for hydroxylation is 1. The molecule has 2 aromatic heterocycles. The number of hydrogen-bond donors (Lipinski definition) is 3. The van der Waals surface area contributed by atoms with Gasteiger partial charge in [-0.05, 0) is 54.4 Å². The minimum atomic E-state index is -1.07. The summed E-state index contributed by atoms with van der Waals surface area (Å²) in [6.07, 6.45) is 1.43. The molecule has 0 radical (unpaired) electrons. The first-order valence-electron chi connectivity index (χ1n) is 9.81. The van der Waals surface area contributed by atoms with Gasteiger partial charge in [-0.3, -0.25) is 4.79 Å². The third-order valence-electron chi connectivity index (χ3n) is 4.96. The summed E-state index contributed by atoms with van der Waals surface area (Å²) < 4.78 is 6.61. The molecule has 0 atom stereocenters. The van der Waals surface area contributed by atoms with E-state index in [1.54, 1.807) is 32.2 Å². The van der Waals surface area contributed by atoms with Crippen molar-refractivity contribution >= 4 is 29.0 Å². The summed E-state index contributed by atoms with van der Waals surface area (Å²) in [5.74, 6) is -0.150. The van der Waals surface area contributed by atoms with E-state index < -0.39 is 11.9 Å². The van der Waals surface area contributed by atoms with Crippen LogP contribution < -0.4 is 15.4 Å². The number of carboxylic acid groups (broad SMARTS) is 1. The van der Waals surface area contributed by atoms with Gasteiger partial charge in [-0.15, -0.1) is 5.10 Å². The first-order chi connectivity index (χ1) is 15.4. The van der Waals surface area contributed by atoms with Gasteiger partial charge in [0.2, 0.25) is 0 Å². The first kappa shape index (κ1) is 20.9. The Kier molecular flexibility index (Phi) is 5.71. The van der Waals surface area contributed by atoms with Gasteiger partial charge >= 0.3 is 5.97 Å². The van der Waals surface area contributed by atoms with Gasteiger partial charge in [-0.25, -0.2) is 14.3 Å². The van der Waals surface area contributed by atoms with Crippen LogP contribution in [0.3, 0.4) is 0 Å². The number of aromatic carboxylic acids is 1. The van der Waals surface area contributed by atoms with Crippen molar-refractivity contribution in [2.45, 2.75) is 13.5 Å². The number of nitrogens with one attached hydrogen (secondary N) is 2. The molecule has 2 heterocycles. The number of rotatable bonds is 7. The average molecular weight is 431 g/mol. The molecule has 0 fully saturated rings. The summed E-state index contributed by atoms with van der Waals surface area (Å²) in [5.41, 5.74) is 3.04. The van der Waals surface area contributed by atoms with E-state index in [0.717, 1.165) is 16.9 Å². The van der Waals surface area contributed by atoms with Gasteiger partial charge in [0.25, 0.3) is 5.91 Å². The number of ether oxygens (including phenoxy) is 1. The monoisotopic (exact) mass is 431 g/mol. The Morgan fingerprint density at radius 2 is 1.88 bits per heavy atom. The van der Waals surface area contributed by atoms with Gasteiger partial charge in [0, 0.05) is 12.2 Å². The summed E-state index contributed by atoms with van der Waals surface area (Å²) >= 11 is 0. The summed E-state index contributed by atoms with van der Waals surface area (Å²) in [4.78, 5) is 28.4. The SMILES string of the molecule is COc1ccc(CNc2ccc3ncc(C(=O)Nc4cc(C(=O)O)ccc4C)n3n2)cc1. The van der Waals surface area contributed by atoms with Gasteiger partial charge in [-0.1, -0.05) is 18.2 Å². The fourth-order valence-corrected chi connectivity index (χ4v) is 3.13. The van der Waals surface area contributed by atoms with Crippen LogP contribution in [0, 0.1) is 6.92 Å². The number of imidazole rings is 1. The van der Waals surface area contributed by atoms with Crippen LogP contribution in [0.4, 0.5) is 11.5 Å². The fourth-order valence-electron chi connectivity index (χ4n) is 3.13. The largest absolute Gasteiger partial charge is 0.497 e. The van der Waals surface area contributed by atoms with Gasteiger partial charge in [0.15, 0.2) is 11.3 Å². The second-order valence-electron chi connectivity index (χ2n) is 7.12. The van der Waals surface area contributed by atoms with Crippen molar-refractivity contribution in [3.63, 3.8) is 0 Å². The zero-order valence-corrected chi connectivity index (χ0v) is 17.5.